The number of rotatable bonds is 7. The maximum atomic E-state index is 12.6. The summed E-state index contributed by atoms with van der Waals surface area (Å²) in [4.78, 5) is 24.4. The molecule has 3 fully saturated rings. The topological polar surface area (TPSA) is 84.1 Å². The Kier molecular flexibility index (Phi) is 7.82. The van der Waals surface area contributed by atoms with Crippen molar-refractivity contribution < 1.29 is 19.0 Å². The summed E-state index contributed by atoms with van der Waals surface area (Å²) in [6, 6.07) is 4.81. The van der Waals surface area contributed by atoms with Crippen molar-refractivity contribution in [3.05, 3.63) is 42.2 Å². The Labute approximate surface area is 242 Å². The number of carbonyl (C=O) groups is 1. The normalized spacial score (nSPS) is 24.4. The molecule has 0 saturated carbocycles. The second kappa shape index (κ2) is 11.4. The molecule has 0 N–H and O–H groups in total. The van der Waals surface area contributed by atoms with Gasteiger partial charge in [0, 0.05) is 82.3 Å². The van der Waals surface area contributed by atoms with E-state index < -0.39 is 5.60 Å². The first-order valence-electron chi connectivity index (χ1n) is 15.2. The third-order valence-corrected chi connectivity index (χ3v) is 9.24. The van der Waals surface area contributed by atoms with Crippen molar-refractivity contribution in [1.29, 1.82) is 0 Å². The van der Waals surface area contributed by atoms with Crippen molar-refractivity contribution in [3.63, 3.8) is 0 Å². The number of anilines is 1. The molecule has 3 saturated heterocycles. The van der Waals surface area contributed by atoms with E-state index >= 15 is 0 Å². The maximum absolute atomic E-state index is 12.6. The molecule has 4 aliphatic heterocycles. The predicted molar refractivity (Wildman–Crippen MR) is 159 cm³/mol. The highest BCUT2D eigenvalue weighted by Crippen LogP contribution is 2.37. The molecule has 0 bridgehead atoms. The minimum Gasteiger partial charge on any atom is -0.438 e. The number of amides is 1. The Morgan fingerprint density at radius 3 is 2.51 bits per heavy atom. The first kappa shape index (κ1) is 28.2. The Morgan fingerprint density at radius 1 is 1.15 bits per heavy atom. The van der Waals surface area contributed by atoms with Gasteiger partial charge in [-0.1, -0.05) is 6.08 Å². The average molecular weight is 565 g/mol. The van der Waals surface area contributed by atoms with Crippen molar-refractivity contribution in [1.82, 2.24) is 19.4 Å². The van der Waals surface area contributed by atoms with Crippen LogP contribution in [0.5, 0.6) is 0 Å². The highest BCUT2D eigenvalue weighted by molar-refractivity contribution is 6.10. The number of hydrogen-bond acceptors (Lipinski definition) is 8. The predicted octanol–water partition coefficient (Wildman–Crippen LogP) is 3.64. The number of hydrogen-bond donors (Lipinski definition) is 0. The van der Waals surface area contributed by atoms with Gasteiger partial charge in [-0.15, -0.1) is 0 Å². The molecule has 0 aromatic carbocycles. The largest absolute Gasteiger partial charge is 0.438 e. The monoisotopic (exact) mass is 564 g/mol. The molecule has 6 rings (SSSR count). The van der Waals surface area contributed by atoms with Crippen LogP contribution >= 0.6 is 0 Å². The Morgan fingerprint density at radius 2 is 1.90 bits per heavy atom. The number of dihydropyridines is 1. The van der Waals surface area contributed by atoms with Crippen LogP contribution in [0.25, 0.3) is 5.52 Å². The van der Waals surface area contributed by atoms with Gasteiger partial charge in [0.1, 0.15) is 0 Å². The second-order valence-electron chi connectivity index (χ2n) is 12.4. The number of fused-ring (bicyclic) bond motifs is 1. The van der Waals surface area contributed by atoms with Crippen LogP contribution < -0.4 is 4.90 Å². The first-order chi connectivity index (χ1) is 19.8. The van der Waals surface area contributed by atoms with Crippen molar-refractivity contribution in [2.75, 3.05) is 70.5 Å². The van der Waals surface area contributed by atoms with Gasteiger partial charge in [0.15, 0.2) is 5.60 Å². The molecule has 0 spiro atoms. The number of likely N-dealkylation sites (tertiary alicyclic amines) is 1. The second-order valence-corrected chi connectivity index (χ2v) is 12.4. The minimum atomic E-state index is -0.487. The zero-order valence-electron chi connectivity index (χ0n) is 24.9. The zero-order valence-corrected chi connectivity index (χ0v) is 24.9. The number of ether oxygens (including phenoxy) is 3. The molecule has 2 aromatic rings. The summed E-state index contributed by atoms with van der Waals surface area (Å²) in [5, 5.41) is 4.59. The molecule has 222 valence electrons. The lowest BCUT2D eigenvalue weighted by Gasteiger charge is -2.46. The summed E-state index contributed by atoms with van der Waals surface area (Å²) in [6.45, 7) is 15.8. The molecule has 10 nitrogen and oxygen atoms in total. The van der Waals surface area contributed by atoms with Crippen LogP contribution in [0, 0.1) is 5.92 Å². The zero-order chi connectivity index (χ0) is 28.6. The van der Waals surface area contributed by atoms with E-state index in [1.165, 1.54) is 0 Å². The fraction of sp³-hybridized carbons (Fsp3) is 0.645. The number of aromatic nitrogens is 2. The summed E-state index contributed by atoms with van der Waals surface area (Å²) in [7, 11) is 0. The number of aliphatic imine (C=N–C) groups is 1. The summed E-state index contributed by atoms with van der Waals surface area (Å²) in [6.07, 6.45) is 10.2. The SMILES string of the molecule is CCOC1(C2C=CC(c3cc4c(N5CCN(C(=O)OC6(C)COC6)CC5)ccnn4c3)=NC2)CCN(C(C)C)CC1. The molecule has 0 aliphatic carbocycles. The van der Waals surface area contributed by atoms with Gasteiger partial charge in [0.2, 0.25) is 0 Å². The maximum Gasteiger partial charge on any atom is 0.410 e. The van der Waals surface area contributed by atoms with Gasteiger partial charge in [-0.2, -0.15) is 5.10 Å². The molecular weight excluding hydrogens is 520 g/mol. The first-order valence-corrected chi connectivity index (χ1v) is 15.2. The number of allylic oxidation sites excluding steroid dienone is 1. The van der Waals surface area contributed by atoms with E-state index in [0.717, 1.165) is 74.7 Å². The highest BCUT2D eigenvalue weighted by atomic mass is 16.6. The molecule has 1 atom stereocenters. The van der Waals surface area contributed by atoms with E-state index in [0.29, 0.717) is 32.3 Å². The van der Waals surface area contributed by atoms with Crippen LogP contribution in [0.2, 0.25) is 0 Å². The quantitative estimate of drug-likeness (QED) is 0.508. The fourth-order valence-corrected chi connectivity index (χ4v) is 6.64. The van der Waals surface area contributed by atoms with Crippen LogP contribution in [-0.2, 0) is 14.2 Å². The summed E-state index contributed by atoms with van der Waals surface area (Å²) >= 11 is 0. The van der Waals surface area contributed by atoms with Gasteiger partial charge in [-0.25, -0.2) is 9.31 Å². The van der Waals surface area contributed by atoms with Gasteiger partial charge in [0.05, 0.1) is 35.7 Å². The van der Waals surface area contributed by atoms with Crippen LogP contribution in [0.15, 0.2) is 41.7 Å². The van der Waals surface area contributed by atoms with Crippen LogP contribution in [0.1, 0.15) is 46.1 Å². The number of piperazine rings is 1. The molecule has 1 unspecified atom stereocenters. The summed E-state index contributed by atoms with van der Waals surface area (Å²) in [5.41, 5.74) is 3.60. The number of carbonyl (C=O) groups excluding carboxylic acids is 1. The van der Waals surface area contributed by atoms with Crippen molar-refractivity contribution in [2.45, 2.75) is 57.8 Å². The molecule has 6 heterocycles. The van der Waals surface area contributed by atoms with E-state index in [-0.39, 0.29) is 17.6 Å². The highest BCUT2D eigenvalue weighted by Gasteiger charge is 2.42. The molecule has 4 aliphatic rings. The van der Waals surface area contributed by atoms with Gasteiger partial charge < -0.3 is 28.9 Å². The molecule has 1 amide bonds. The van der Waals surface area contributed by atoms with Crippen LogP contribution in [0.3, 0.4) is 0 Å². The van der Waals surface area contributed by atoms with Gasteiger partial charge in [0.25, 0.3) is 0 Å². The molecule has 10 heteroatoms. The lowest BCUT2D eigenvalue weighted by Crippen LogP contribution is -2.55. The Bertz CT molecular complexity index is 1300. The van der Waals surface area contributed by atoms with Crippen molar-refractivity contribution in [3.8, 4) is 0 Å². The third-order valence-electron chi connectivity index (χ3n) is 9.24. The standard InChI is InChI=1S/C31H44N6O4/c1-5-40-31(9-12-34(13-10-31)23(2)3)25-6-7-26(32-19-25)24-18-28-27(8-11-33-37(28)20-24)35-14-16-36(17-15-35)29(38)41-30(4)21-39-22-30/h6-8,11,18,20,23,25H,5,9-10,12-17,19,21-22H2,1-4H3. The van der Waals surface area contributed by atoms with E-state index in [2.05, 4.69) is 66.2 Å². The van der Waals surface area contributed by atoms with E-state index in [1.54, 1.807) is 4.90 Å². The van der Waals surface area contributed by atoms with E-state index in [4.69, 9.17) is 19.2 Å². The lowest BCUT2D eigenvalue weighted by molar-refractivity contribution is -0.172. The summed E-state index contributed by atoms with van der Waals surface area (Å²) in [5.74, 6) is 0.286. The van der Waals surface area contributed by atoms with Crippen LogP contribution in [0.4, 0.5) is 10.5 Å². The van der Waals surface area contributed by atoms with Crippen molar-refractivity contribution >= 4 is 23.0 Å². The Hall–Kier alpha value is -2.95. The summed E-state index contributed by atoms with van der Waals surface area (Å²) < 4.78 is 19.3. The molecule has 41 heavy (non-hydrogen) atoms. The lowest BCUT2D eigenvalue weighted by atomic mass is 9.77. The number of piperidine rings is 1. The van der Waals surface area contributed by atoms with Gasteiger partial charge in [-0.05, 0) is 58.7 Å². The average Bonchev–Trinajstić information content (AvgIpc) is 3.42. The smallest absolute Gasteiger partial charge is 0.410 e. The fourth-order valence-electron chi connectivity index (χ4n) is 6.64. The molecule has 2 aromatic heterocycles. The third kappa shape index (κ3) is 5.61. The number of nitrogens with zero attached hydrogens (tertiary/aromatic N) is 6. The van der Waals surface area contributed by atoms with Gasteiger partial charge in [-0.3, -0.25) is 4.99 Å². The van der Waals surface area contributed by atoms with E-state index in [9.17, 15) is 4.79 Å². The molecule has 0 radical (unpaired) electrons. The van der Waals surface area contributed by atoms with Crippen LogP contribution in [-0.4, -0.2) is 114 Å². The Balaban J connectivity index is 1.12. The van der Waals surface area contributed by atoms with Gasteiger partial charge >= 0.3 is 6.09 Å². The molecular formula is C31H44N6O4. The minimum absolute atomic E-state index is 0.135. The van der Waals surface area contributed by atoms with Crippen molar-refractivity contribution in [2.24, 2.45) is 10.9 Å². The van der Waals surface area contributed by atoms with E-state index in [1.807, 2.05) is 17.6 Å².